The van der Waals surface area contributed by atoms with Crippen molar-refractivity contribution < 1.29 is 18.7 Å². The number of hydrogen-bond acceptors (Lipinski definition) is 4. The number of rotatable bonds is 5. The highest BCUT2D eigenvalue weighted by molar-refractivity contribution is 5.96. The average molecular weight is 273 g/mol. The number of carbonyl (C=O) groups is 2. The lowest BCUT2D eigenvalue weighted by Gasteiger charge is -2.15. The van der Waals surface area contributed by atoms with Gasteiger partial charge in [-0.25, -0.2) is 4.79 Å². The zero-order valence-electron chi connectivity index (χ0n) is 11.0. The minimum absolute atomic E-state index is 0.248. The summed E-state index contributed by atoms with van der Waals surface area (Å²) in [7, 11) is 1.28. The van der Waals surface area contributed by atoms with Gasteiger partial charge in [0.15, 0.2) is 0 Å². The van der Waals surface area contributed by atoms with Gasteiger partial charge in [-0.15, -0.1) is 0 Å². The van der Waals surface area contributed by atoms with Crippen molar-refractivity contribution in [3.63, 3.8) is 0 Å². The van der Waals surface area contributed by atoms with Gasteiger partial charge in [-0.1, -0.05) is 18.2 Å². The van der Waals surface area contributed by atoms with Crippen molar-refractivity contribution in [2.75, 3.05) is 7.11 Å². The van der Waals surface area contributed by atoms with Crippen LogP contribution in [0.3, 0.4) is 0 Å². The first-order valence-corrected chi connectivity index (χ1v) is 6.17. The Labute approximate surface area is 116 Å². The largest absolute Gasteiger partial charge is 0.469 e. The maximum atomic E-state index is 12.1. The van der Waals surface area contributed by atoms with E-state index in [1.54, 1.807) is 36.4 Å². The zero-order valence-corrected chi connectivity index (χ0v) is 11.0. The summed E-state index contributed by atoms with van der Waals surface area (Å²) in [5, 5.41) is 2.65. The number of esters is 1. The van der Waals surface area contributed by atoms with Gasteiger partial charge in [0.05, 0.1) is 13.4 Å². The Morgan fingerprint density at radius 3 is 2.55 bits per heavy atom. The SMILES string of the molecule is COC(=O)[C@@H](Cc1ccco1)NC(=O)c1ccccc1. The lowest BCUT2D eigenvalue weighted by atomic mass is 10.1. The number of carbonyl (C=O) groups excluding carboxylic acids is 2. The Morgan fingerprint density at radius 1 is 1.20 bits per heavy atom. The molecule has 0 saturated heterocycles. The maximum Gasteiger partial charge on any atom is 0.328 e. The Balaban J connectivity index is 2.08. The summed E-state index contributed by atoms with van der Waals surface area (Å²) in [6.07, 6.45) is 1.76. The fourth-order valence-corrected chi connectivity index (χ4v) is 1.80. The van der Waals surface area contributed by atoms with E-state index < -0.39 is 12.0 Å². The number of furan rings is 1. The van der Waals surface area contributed by atoms with Gasteiger partial charge in [0.1, 0.15) is 11.8 Å². The predicted octanol–water partition coefficient (Wildman–Crippen LogP) is 1.79. The van der Waals surface area contributed by atoms with E-state index in [-0.39, 0.29) is 12.3 Å². The summed E-state index contributed by atoms with van der Waals surface area (Å²) >= 11 is 0. The van der Waals surface area contributed by atoms with Crippen LogP contribution >= 0.6 is 0 Å². The second kappa shape index (κ2) is 6.56. The molecule has 0 aliphatic rings. The first kappa shape index (κ1) is 13.9. The van der Waals surface area contributed by atoms with Crippen molar-refractivity contribution in [3.05, 3.63) is 60.1 Å². The maximum absolute atomic E-state index is 12.1. The molecule has 0 aliphatic carbocycles. The summed E-state index contributed by atoms with van der Waals surface area (Å²) in [5.41, 5.74) is 0.487. The van der Waals surface area contributed by atoms with E-state index in [4.69, 9.17) is 9.15 Å². The van der Waals surface area contributed by atoms with Crippen LogP contribution in [0.4, 0.5) is 0 Å². The molecule has 104 valence electrons. The molecule has 0 aliphatic heterocycles. The monoisotopic (exact) mass is 273 g/mol. The molecule has 1 N–H and O–H groups in total. The summed E-state index contributed by atoms with van der Waals surface area (Å²) in [6.45, 7) is 0. The van der Waals surface area contributed by atoms with Gasteiger partial charge in [-0.05, 0) is 24.3 Å². The van der Waals surface area contributed by atoms with Crippen molar-refractivity contribution in [2.24, 2.45) is 0 Å². The molecule has 0 radical (unpaired) electrons. The molecule has 0 saturated carbocycles. The quantitative estimate of drug-likeness (QED) is 0.843. The molecule has 2 aromatic rings. The lowest BCUT2D eigenvalue weighted by Crippen LogP contribution is -2.43. The van der Waals surface area contributed by atoms with E-state index in [1.165, 1.54) is 13.4 Å². The Kier molecular flexibility index (Phi) is 4.55. The molecule has 0 spiro atoms. The summed E-state index contributed by atoms with van der Waals surface area (Å²) in [5.74, 6) is -0.230. The van der Waals surface area contributed by atoms with E-state index in [9.17, 15) is 9.59 Å². The van der Waals surface area contributed by atoms with Crippen LogP contribution in [0.2, 0.25) is 0 Å². The fraction of sp³-hybridized carbons (Fsp3) is 0.200. The minimum atomic E-state index is -0.779. The minimum Gasteiger partial charge on any atom is -0.469 e. The smallest absolute Gasteiger partial charge is 0.328 e. The standard InChI is InChI=1S/C15H15NO4/c1-19-15(18)13(10-12-8-5-9-20-12)16-14(17)11-6-3-2-4-7-11/h2-9,13H,10H2,1H3,(H,16,17)/t13-/m1/s1. The lowest BCUT2D eigenvalue weighted by molar-refractivity contribution is -0.142. The second-order valence-corrected chi connectivity index (χ2v) is 4.20. The van der Waals surface area contributed by atoms with Gasteiger partial charge < -0.3 is 14.5 Å². The van der Waals surface area contributed by atoms with Crippen molar-refractivity contribution >= 4 is 11.9 Å². The van der Waals surface area contributed by atoms with E-state index in [0.717, 1.165) is 0 Å². The number of hydrogen-bond donors (Lipinski definition) is 1. The molecule has 5 heteroatoms. The highest BCUT2D eigenvalue weighted by Gasteiger charge is 2.23. The average Bonchev–Trinajstić information content (AvgIpc) is 2.99. The third kappa shape index (κ3) is 3.47. The number of amides is 1. The van der Waals surface area contributed by atoms with Crippen molar-refractivity contribution in [2.45, 2.75) is 12.5 Å². The van der Waals surface area contributed by atoms with Crippen molar-refractivity contribution in [3.8, 4) is 0 Å². The molecule has 0 unspecified atom stereocenters. The molecule has 1 aromatic heterocycles. The molecule has 0 fully saturated rings. The molecule has 1 aromatic carbocycles. The van der Waals surface area contributed by atoms with E-state index in [2.05, 4.69) is 5.32 Å². The van der Waals surface area contributed by atoms with Crippen LogP contribution in [0.25, 0.3) is 0 Å². The van der Waals surface area contributed by atoms with Gasteiger partial charge in [-0.3, -0.25) is 4.79 Å². The van der Waals surface area contributed by atoms with Gasteiger partial charge in [0.25, 0.3) is 5.91 Å². The van der Waals surface area contributed by atoms with Crippen LogP contribution in [0.1, 0.15) is 16.1 Å². The van der Waals surface area contributed by atoms with Gasteiger partial charge in [-0.2, -0.15) is 0 Å². The zero-order chi connectivity index (χ0) is 14.4. The number of nitrogens with one attached hydrogen (secondary N) is 1. The first-order chi connectivity index (χ1) is 9.70. The van der Waals surface area contributed by atoms with Crippen molar-refractivity contribution in [1.29, 1.82) is 0 Å². The highest BCUT2D eigenvalue weighted by atomic mass is 16.5. The van der Waals surface area contributed by atoms with Crippen LogP contribution in [0, 0.1) is 0 Å². The number of benzene rings is 1. The topological polar surface area (TPSA) is 68.5 Å². The van der Waals surface area contributed by atoms with Crippen LogP contribution in [-0.2, 0) is 16.0 Å². The Morgan fingerprint density at radius 2 is 1.95 bits per heavy atom. The third-order valence-corrected chi connectivity index (χ3v) is 2.81. The normalized spacial score (nSPS) is 11.7. The van der Waals surface area contributed by atoms with Crippen molar-refractivity contribution in [1.82, 2.24) is 5.32 Å². The van der Waals surface area contributed by atoms with Gasteiger partial charge in [0, 0.05) is 12.0 Å². The molecule has 1 atom stereocenters. The summed E-state index contributed by atoms with van der Waals surface area (Å²) in [6, 6.07) is 11.4. The fourth-order valence-electron chi connectivity index (χ4n) is 1.80. The number of ether oxygens (including phenoxy) is 1. The van der Waals surface area contributed by atoms with Gasteiger partial charge >= 0.3 is 5.97 Å². The summed E-state index contributed by atoms with van der Waals surface area (Å²) in [4.78, 5) is 23.8. The molecule has 1 amide bonds. The Bertz CT molecular complexity index is 563. The first-order valence-electron chi connectivity index (χ1n) is 6.17. The molecule has 20 heavy (non-hydrogen) atoms. The molecule has 0 bridgehead atoms. The third-order valence-electron chi connectivity index (χ3n) is 2.81. The predicted molar refractivity (Wildman–Crippen MR) is 72.1 cm³/mol. The van der Waals surface area contributed by atoms with Crippen LogP contribution < -0.4 is 5.32 Å². The number of methoxy groups -OCH3 is 1. The molecule has 5 nitrogen and oxygen atoms in total. The molecule has 1 heterocycles. The van der Waals surface area contributed by atoms with Crippen LogP contribution in [-0.4, -0.2) is 25.0 Å². The van der Waals surface area contributed by atoms with Gasteiger partial charge in [0.2, 0.25) is 0 Å². The second-order valence-electron chi connectivity index (χ2n) is 4.20. The summed E-state index contributed by atoms with van der Waals surface area (Å²) < 4.78 is 9.89. The molecule has 2 rings (SSSR count). The molecular formula is C15H15NO4. The van der Waals surface area contributed by atoms with E-state index in [1.807, 2.05) is 6.07 Å². The van der Waals surface area contributed by atoms with E-state index in [0.29, 0.717) is 11.3 Å². The van der Waals surface area contributed by atoms with E-state index >= 15 is 0 Å². The highest BCUT2D eigenvalue weighted by Crippen LogP contribution is 2.07. The Hall–Kier alpha value is -2.56. The molecular weight excluding hydrogens is 258 g/mol. The van der Waals surface area contributed by atoms with Crippen LogP contribution in [0.5, 0.6) is 0 Å². The van der Waals surface area contributed by atoms with Crippen LogP contribution in [0.15, 0.2) is 53.1 Å².